The molecule has 0 aliphatic heterocycles. The second kappa shape index (κ2) is 9.11. The van der Waals surface area contributed by atoms with Crippen molar-refractivity contribution < 1.29 is 0 Å². The van der Waals surface area contributed by atoms with Gasteiger partial charge in [-0.1, -0.05) is 0 Å². The second-order valence-corrected chi connectivity index (χ2v) is 8.88. The molecule has 5 rings (SSSR count). The van der Waals surface area contributed by atoms with Crippen LogP contribution < -0.4 is 10.6 Å². The fourth-order valence-electron chi connectivity index (χ4n) is 4.45. The van der Waals surface area contributed by atoms with Gasteiger partial charge >= 0.3 is 0 Å². The van der Waals surface area contributed by atoms with Gasteiger partial charge in [0, 0.05) is 24.5 Å². The molecule has 9 nitrogen and oxygen atoms in total. The van der Waals surface area contributed by atoms with Crippen LogP contribution in [-0.4, -0.2) is 60.4 Å². The lowest BCUT2D eigenvalue weighted by Crippen LogP contribution is -2.36. The summed E-state index contributed by atoms with van der Waals surface area (Å²) in [6.45, 7) is 2.03. The number of aryl methyl sites for hydroxylation is 1. The molecule has 9 heteroatoms. The Morgan fingerprint density at radius 2 is 1.73 bits per heavy atom. The summed E-state index contributed by atoms with van der Waals surface area (Å²) in [4.78, 5) is 24.5. The molecule has 0 saturated heterocycles. The summed E-state index contributed by atoms with van der Waals surface area (Å²) in [5, 5.41) is 6.90. The molecule has 4 heterocycles. The van der Waals surface area contributed by atoms with Crippen LogP contribution in [0.1, 0.15) is 31.2 Å². The summed E-state index contributed by atoms with van der Waals surface area (Å²) in [6.07, 6.45) is 15.4. The van der Waals surface area contributed by atoms with E-state index in [4.69, 9.17) is 4.98 Å². The molecule has 0 unspecified atom stereocenters. The van der Waals surface area contributed by atoms with Gasteiger partial charge in [0.2, 0.25) is 5.95 Å². The van der Waals surface area contributed by atoms with Crippen LogP contribution in [0.3, 0.4) is 0 Å². The average Bonchev–Trinajstić information content (AvgIpc) is 3.24. The number of aromatic nitrogens is 6. The Hall–Kier alpha value is -3.59. The molecule has 1 saturated carbocycles. The van der Waals surface area contributed by atoms with Crippen LogP contribution in [0.5, 0.6) is 0 Å². The van der Waals surface area contributed by atoms with Crippen molar-refractivity contribution in [3.8, 4) is 11.4 Å². The van der Waals surface area contributed by atoms with E-state index in [0.717, 1.165) is 46.8 Å². The minimum Gasteiger partial charge on any atom is -0.352 e. The predicted molar refractivity (Wildman–Crippen MR) is 130 cm³/mol. The lowest BCUT2D eigenvalue weighted by Gasteiger charge is -2.33. The molecule has 1 aliphatic rings. The minimum atomic E-state index is 0.405. The van der Waals surface area contributed by atoms with Gasteiger partial charge in [-0.15, -0.1) is 0 Å². The first-order valence-corrected chi connectivity index (χ1v) is 11.3. The van der Waals surface area contributed by atoms with Crippen molar-refractivity contribution in [2.75, 3.05) is 24.7 Å². The smallest absolute Gasteiger partial charge is 0.223 e. The number of nitrogens with one attached hydrogen (secondary N) is 2. The molecular formula is C24H29N9. The third-order valence-corrected chi connectivity index (χ3v) is 6.33. The molecule has 4 aromatic rings. The maximum atomic E-state index is 4.89. The van der Waals surface area contributed by atoms with Gasteiger partial charge in [-0.2, -0.15) is 0 Å². The van der Waals surface area contributed by atoms with Crippen molar-refractivity contribution in [1.82, 2.24) is 34.2 Å². The van der Waals surface area contributed by atoms with Crippen LogP contribution in [0.2, 0.25) is 0 Å². The summed E-state index contributed by atoms with van der Waals surface area (Å²) in [6, 6.07) is 5.04. The average molecular weight is 444 g/mol. The quantitative estimate of drug-likeness (QED) is 0.463. The standard InChI is InChI=1S/C24H29N9/c1-16-10-28-24(30-17-4-7-20(8-5-17)32(2)3)31-23(16)21-13-27-22-9-6-18(14-33(21)22)29-19-11-25-15-26-12-19/h6,9-15,17,20,29H,4-5,7-8H2,1-3H3,(H,28,30,31). The summed E-state index contributed by atoms with van der Waals surface area (Å²) in [5.74, 6) is 0.676. The van der Waals surface area contributed by atoms with E-state index >= 15 is 0 Å². The maximum Gasteiger partial charge on any atom is 0.223 e. The Morgan fingerprint density at radius 3 is 2.48 bits per heavy atom. The lowest BCUT2D eigenvalue weighted by molar-refractivity contribution is 0.221. The molecule has 4 aromatic heterocycles. The zero-order valence-electron chi connectivity index (χ0n) is 19.2. The van der Waals surface area contributed by atoms with E-state index in [0.29, 0.717) is 18.0 Å². The number of hydrogen-bond acceptors (Lipinski definition) is 8. The van der Waals surface area contributed by atoms with Gasteiger partial charge in [0.05, 0.1) is 41.4 Å². The molecular weight excluding hydrogens is 414 g/mol. The summed E-state index contributed by atoms with van der Waals surface area (Å²) >= 11 is 0. The van der Waals surface area contributed by atoms with Crippen molar-refractivity contribution in [1.29, 1.82) is 0 Å². The largest absolute Gasteiger partial charge is 0.352 e. The highest BCUT2D eigenvalue weighted by atomic mass is 15.1. The second-order valence-electron chi connectivity index (χ2n) is 8.88. The molecule has 33 heavy (non-hydrogen) atoms. The number of fused-ring (bicyclic) bond motifs is 1. The molecule has 0 aromatic carbocycles. The molecule has 1 aliphatic carbocycles. The fraction of sp³-hybridized carbons (Fsp3) is 0.375. The van der Waals surface area contributed by atoms with Crippen molar-refractivity contribution >= 4 is 23.0 Å². The van der Waals surface area contributed by atoms with E-state index in [-0.39, 0.29) is 0 Å². The van der Waals surface area contributed by atoms with E-state index in [1.54, 1.807) is 12.4 Å². The number of rotatable bonds is 6. The first kappa shape index (κ1) is 21.3. The van der Waals surface area contributed by atoms with E-state index in [1.165, 1.54) is 19.2 Å². The van der Waals surface area contributed by atoms with E-state index in [9.17, 15) is 0 Å². The number of hydrogen-bond donors (Lipinski definition) is 2. The Labute approximate surface area is 193 Å². The lowest BCUT2D eigenvalue weighted by atomic mass is 9.90. The predicted octanol–water partition coefficient (Wildman–Crippen LogP) is 3.92. The summed E-state index contributed by atoms with van der Waals surface area (Å²) in [5.41, 5.74) is 5.41. The van der Waals surface area contributed by atoms with Gasteiger partial charge in [-0.25, -0.2) is 24.9 Å². The fourth-order valence-corrected chi connectivity index (χ4v) is 4.45. The van der Waals surface area contributed by atoms with Gasteiger partial charge in [0.15, 0.2) is 0 Å². The Balaban J connectivity index is 1.39. The summed E-state index contributed by atoms with van der Waals surface area (Å²) in [7, 11) is 4.33. The van der Waals surface area contributed by atoms with Crippen LogP contribution in [0.25, 0.3) is 17.0 Å². The first-order chi connectivity index (χ1) is 16.1. The van der Waals surface area contributed by atoms with Crippen LogP contribution >= 0.6 is 0 Å². The highest BCUT2D eigenvalue weighted by molar-refractivity contribution is 5.67. The SMILES string of the molecule is Cc1cnc(NC2CCC(N(C)C)CC2)nc1-c1cnc2ccc(Nc3cncnc3)cn12. The molecule has 0 spiro atoms. The minimum absolute atomic E-state index is 0.405. The topological polar surface area (TPSA) is 96.2 Å². The zero-order valence-corrected chi connectivity index (χ0v) is 19.2. The molecule has 0 atom stereocenters. The van der Waals surface area contributed by atoms with Gasteiger partial charge in [0.1, 0.15) is 12.0 Å². The normalized spacial score (nSPS) is 18.5. The highest BCUT2D eigenvalue weighted by Gasteiger charge is 2.23. The third-order valence-electron chi connectivity index (χ3n) is 6.33. The van der Waals surface area contributed by atoms with Crippen LogP contribution in [-0.2, 0) is 0 Å². The van der Waals surface area contributed by atoms with Crippen LogP contribution in [0.15, 0.2) is 49.4 Å². The molecule has 2 N–H and O–H groups in total. The molecule has 0 bridgehead atoms. The molecule has 170 valence electrons. The van der Waals surface area contributed by atoms with E-state index in [2.05, 4.69) is 49.6 Å². The van der Waals surface area contributed by atoms with Gasteiger partial charge in [-0.3, -0.25) is 4.40 Å². The molecule has 0 amide bonds. The summed E-state index contributed by atoms with van der Waals surface area (Å²) < 4.78 is 2.05. The van der Waals surface area contributed by atoms with E-state index < -0.39 is 0 Å². The maximum absolute atomic E-state index is 4.89. The van der Waals surface area contributed by atoms with Crippen LogP contribution in [0.4, 0.5) is 17.3 Å². The van der Waals surface area contributed by atoms with Gasteiger partial charge in [0.25, 0.3) is 0 Å². The number of anilines is 3. The zero-order chi connectivity index (χ0) is 22.8. The highest BCUT2D eigenvalue weighted by Crippen LogP contribution is 2.27. The van der Waals surface area contributed by atoms with Crippen molar-refractivity contribution in [3.05, 3.63) is 55.0 Å². The first-order valence-electron chi connectivity index (χ1n) is 11.3. The van der Waals surface area contributed by atoms with Gasteiger partial charge in [-0.05, 0) is 64.4 Å². The number of imidazole rings is 1. The molecule has 1 fully saturated rings. The van der Waals surface area contributed by atoms with E-state index in [1.807, 2.05) is 42.0 Å². The Kier molecular flexibility index (Phi) is 5.87. The van der Waals surface area contributed by atoms with Crippen molar-refractivity contribution in [2.45, 2.75) is 44.7 Å². The Morgan fingerprint density at radius 1 is 0.939 bits per heavy atom. The van der Waals surface area contributed by atoms with Gasteiger partial charge < -0.3 is 15.5 Å². The van der Waals surface area contributed by atoms with Crippen molar-refractivity contribution in [3.63, 3.8) is 0 Å². The number of nitrogens with zero attached hydrogens (tertiary/aromatic N) is 7. The monoisotopic (exact) mass is 443 g/mol. The van der Waals surface area contributed by atoms with Crippen LogP contribution in [0, 0.1) is 6.92 Å². The van der Waals surface area contributed by atoms with Crippen molar-refractivity contribution in [2.24, 2.45) is 0 Å². The third kappa shape index (κ3) is 4.63. The Bertz CT molecular complexity index is 1230. The molecule has 0 radical (unpaired) electrons. The number of pyridine rings is 1.